The zero-order chi connectivity index (χ0) is 95.0. The molecule has 0 radical (unpaired) electrons. The van der Waals surface area contributed by atoms with E-state index < -0.39 is 101 Å². The van der Waals surface area contributed by atoms with Crippen LogP contribution >= 0.6 is 15.2 Å². The van der Waals surface area contributed by atoms with Crippen LogP contribution in [0.4, 0.5) is 22.7 Å². The van der Waals surface area contributed by atoms with Crippen LogP contribution in [-0.4, -0.2) is 174 Å². The largest absolute Gasteiger partial charge is 1.00 e. The molecule has 0 fully saturated rings. The van der Waals surface area contributed by atoms with Crippen molar-refractivity contribution in [1.29, 1.82) is 0 Å². The van der Waals surface area contributed by atoms with Crippen molar-refractivity contribution in [3.05, 3.63) is 209 Å². The summed E-state index contributed by atoms with van der Waals surface area (Å²) in [5.74, 6) is -1.51. The fourth-order valence-electron chi connectivity index (χ4n) is 16.2. The van der Waals surface area contributed by atoms with E-state index in [2.05, 4.69) is 172 Å². The predicted octanol–water partition coefficient (Wildman–Crippen LogP) is 11.5. The smallest absolute Gasteiger partial charge is 0.481 e. The van der Waals surface area contributed by atoms with E-state index in [4.69, 9.17) is 48.1 Å². The number of carboxylic acid groups (broad SMARTS) is 2. The molecular formula is C91H131K2N4O25P2S5+3. The van der Waals surface area contributed by atoms with E-state index in [1.165, 1.54) is 88.6 Å². The van der Waals surface area contributed by atoms with Gasteiger partial charge in [0.15, 0.2) is 22.5 Å². The summed E-state index contributed by atoms with van der Waals surface area (Å²) in [7, 11) is -27.4. The van der Waals surface area contributed by atoms with Crippen LogP contribution in [0.15, 0.2) is 168 Å². The van der Waals surface area contributed by atoms with Crippen molar-refractivity contribution in [1.82, 2.24) is 0 Å². The summed E-state index contributed by atoms with van der Waals surface area (Å²) in [6, 6.07) is 39.4. The number of rotatable bonds is 41. The number of hydrogen-bond donors (Lipinski definition) is 8. The molecule has 4 aliphatic heterocycles. The molecule has 0 bridgehead atoms. The van der Waals surface area contributed by atoms with Crippen LogP contribution in [0.1, 0.15) is 258 Å². The monoisotopic (exact) mass is 1980 g/mol. The Balaban J connectivity index is 0.00000190. The number of anilines is 1. The molecule has 5 unspecified atom stereocenters. The molecule has 0 spiro atoms. The van der Waals surface area contributed by atoms with Crippen LogP contribution in [-0.2, 0) is 98.9 Å². The van der Waals surface area contributed by atoms with Crippen molar-refractivity contribution >= 4 is 119 Å². The van der Waals surface area contributed by atoms with Crippen LogP contribution in [0.5, 0.6) is 0 Å². The fraction of sp³-hybridized carbons (Fsp3) is 0.505. The van der Waals surface area contributed by atoms with Gasteiger partial charge in [0.25, 0.3) is 20.2 Å². The number of nitrogens with zero attached hydrogens (tertiary/aromatic N) is 4. The van der Waals surface area contributed by atoms with E-state index in [1.54, 1.807) is 32.1 Å². The van der Waals surface area contributed by atoms with Gasteiger partial charge in [-0.2, -0.15) is 57.8 Å². The minimum Gasteiger partial charge on any atom is -0.481 e. The van der Waals surface area contributed by atoms with Crippen LogP contribution in [0.25, 0.3) is 0 Å². The number of aryl methyl sites for hydroxylation is 1. The maximum absolute atomic E-state index is 12.9. The summed E-state index contributed by atoms with van der Waals surface area (Å²) in [4.78, 5) is 61.2. The number of fused-ring (bicyclic) bond motifs is 4. The third kappa shape index (κ3) is 39.9. The van der Waals surface area contributed by atoms with Gasteiger partial charge in [-0.3, -0.25) is 27.8 Å². The minimum absolute atomic E-state index is 0. The molecule has 38 heteroatoms. The molecule has 5 aromatic rings. The van der Waals surface area contributed by atoms with Crippen LogP contribution in [0.3, 0.4) is 0 Å². The van der Waals surface area contributed by atoms with Crippen molar-refractivity contribution in [3.63, 3.8) is 0 Å². The first-order valence-corrected chi connectivity index (χ1v) is 51.8. The third-order valence-electron chi connectivity index (χ3n) is 22.6. The Morgan fingerprint density at radius 3 is 1.40 bits per heavy atom. The van der Waals surface area contributed by atoms with Gasteiger partial charge in [0, 0.05) is 90.4 Å². The number of unbranched alkanes of at least 4 members (excludes halogenated alkanes) is 9. The number of hydrogen-bond acceptors (Lipinski definition) is 18. The molecule has 0 aromatic heterocycles. The molecule has 0 saturated carbocycles. The van der Waals surface area contributed by atoms with Gasteiger partial charge in [0.05, 0.1) is 22.6 Å². The molecule has 4 aliphatic rings. The summed E-state index contributed by atoms with van der Waals surface area (Å²) in [6.07, 6.45) is 34.7. The zero-order valence-electron chi connectivity index (χ0n) is 76.1. The molecular weight excluding hydrogens is 1850 g/mol. The fourth-order valence-corrected chi connectivity index (χ4v) is 19.2. The van der Waals surface area contributed by atoms with Gasteiger partial charge in [-0.1, -0.05) is 204 Å². The van der Waals surface area contributed by atoms with Gasteiger partial charge in [-0.15, -0.1) is 50.0 Å². The molecule has 704 valence electrons. The van der Waals surface area contributed by atoms with E-state index >= 15 is 0 Å². The van der Waals surface area contributed by atoms with E-state index in [1.807, 2.05) is 44.2 Å². The Bertz CT molecular complexity index is 5410. The first kappa shape index (κ1) is 124. The SMILES string of the molecule is C.CC.CCCCC[N+]1=C(C)C(C)(CCP(=O)(O)O)c2c[c-]ccc21.CCCCC[N+]1=C(C=CC=CCc2ccccc2)C(C)(CCCCCC(=O)O)c2c[c-]ccc21.CCCC[N+]1=C(C=CC=CC=C2N(C(CCC)S(=O)(=O)O)c3ccc(S(=O)(=O)O)cc3C2(C)CCP(=O)(O)O)C(C)(CCCCCC(=O)O)c2cc(C)ccc21.O=S(=O)=O.O=S(=O)=O.O=S(=O)=O.[K+].[K+]. The third-order valence-corrected chi connectivity index (χ3v) is 26.2. The van der Waals surface area contributed by atoms with E-state index in [0.717, 1.165) is 119 Å². The first-order valence-electron chi connectivity index (χ1n) is 42.3. The molecule has 8 N–H and O–H groups in total. The Kier molecular flexibility index (Phi) is 57.9. The van der Waals surface area contributed by atoms with E-state index in [9.17, 15) is 64.2 Å². The number of allylic oxidation sites excluding steroid dienone is 10. The van der Waals surface area contributed by atoms with Gasteiger partial charge in [-0.05, 0) is 126 Å². The topological polar surface area (TPSA) is 464 Å². The normalized spacial score (nSPS) is 18.2. The quantitative estimate of drug-likeness (QED) is 0.00343. The van der Waals surface area contributed by atoms with Crippen LogP contribution < -0.4 is 108 Å². The van der Waals surface area contributed by atoms with Gasteiger partial charge in [-0.25, -0.2) is 9.15 Å². The average molecular weight is 1980 g/mol. The summed E-state index contributed by atoms with van der Waals surface area (Å²) in [5.41, 5.74) is 11.9. The second kappa shape index (κ2) is 60.3. The van der Waals surface area contributed by atoms with Crippen molar-refractivity contribution in [3.8, 4) is 0 Å². The maximum atomic E-state index is 12.9. The van der Waals surface area contributed by atoms with Gasteiger partial charge in [0.2, 0.25) is 5.69 Å². The minimum atomic E-state index is -4.75. The molecule has 129 heavy (non-hydrogen) atoms. The number of benzene rings is 5. The standard InChI is InChI=1S/C40H55N2O11PS2.C31H39NO2.C17H26NO3P.C2H6.CH4.2K.3O3S/c1-6-8-25-41-33-21-19-29(3)27-31(33)39(4,23-14-10-13-18-38(43)44)35(41)16-11-9-12-17-36-40(5,24-26-54(45,46)47)32-28-30(55(48,49)50)20-22-34(32)42(36)37(15-7-2)56(51,52)53;1-3-4-16-25-32-28-21-14-13-20-27(28)31(2,24-15-7-12-23-30(33)34)29(32)22-11-6-10-19-26-17-8-5-9-18-26;1-4-5-8-12-18-14(2)17(3,11-13-22(19,20)21)15-9-6-7-10-16(15)18;1-2;;;;3*1-4(2)3/h9,11-12,16-17,19-22,27-28,37H,6-8,10,13-15,18,23-26H2,1-5H3,(H4-,43,44,45,46,47,48,49,50,51,52,53);5-6,8-11,14,17-18,20-22H,3-4,7,12,15-16,19,23-25H2,1-2H3,(H,33,34);7,9-10H,4-5,8,11-13H2,1-3H3,(H2,19,20,21);1-2H3;1H4;;;;;/q;;;;;2*+1;;;/p+1. The van der Waals surface area contributed by atoms with Crippen molar-refractivity contribution in [2.75, 3.05) is 36.9 Å². The average Bonchev–Trinajstić information content (AvgIpc) is 1.57. The van der Waals surface area contributed by atoms with Crippen molar-refractivity contribution < 1.29 is 229 Å². The summed E-state index contributed by atoms with van der Waals surface area (Å²) in [6.45, 7) is 27.5. The molecule has 0 saturated heterocycles. The Hall–Kier alpha value is -5.20. The van der Waals surface area contributed by atoms with Crippen molar-refractivity contribution in [2.24, 2.45) is 0 Å². The maximum Gasteiger partial charge on any atom is 1.00 e. The summed E-state index contributed by atoms with van der Waals surface area (Å²) >= 11 is 0. The van der Waals surface area contributed by atoms with E-state index in [-0.39, 0.29) is 175 Å². The summed E-state index contributed by atoms with van der Waals surface area (Å²) in [5, 5.41) is 16.6. The Morgan fingerprint density at radius 1 is 0.504 bits per heavy atom. The second-order valence-corrected chi connectivity index (χ2v) is 39.4. The van der Waals surface area contributed by atoms with Gasteiger partial charge in [0.1, 0.15) is 31.0 Å². The van der Waals surface area contributed by atoms with E-state index in [0.29, 0.717) is 19.3 Å². The molecule has 9 rings (SSSR count). The molecule has 5 aromatic carbocycles. The predicted molar refractivity (Wildman–Crippen MR) is 496 cm³/mol. The number of carbonyl (C=O) groups is 2. The van der Waals surface area contributed by atoms with Crippen LogP contribution in [0.2, 0.25) is 0 Å². The number of aliphatic carboxylic acids is 2. The second-order valence-electron chi connectivity index (χ2n) is 31.7. The molecule has 29 nitrogen and oxygen atoms in total. The van der Waals surface area contributed by atoms with Crippen LogP contribution in [0, 0.1) is 19.1 Å². The number of carboxylic acids is 2. The summed E-state index contributed by atoms with van der Waals surface area (Å²) < 4.78 is 177. The molecule has 0 amide bonds. The van der Waals surface area contributed by atoms with Crippen molar-refractivity contribution in [2.45, 2.75) is 270 Å². The molecule has 4 heterocycles. The molecule has 0 aliphatic carbocycles. The Labute approximate surface area is 854 Å². The zero-order valence-corrected chi connectivity index (χ0v) is 88.2. The molecule has 5 atom stereocenters. The van der Waals surface area contributed by atoms with Gasteiger partial charge >= 0.3 is 162 Å². The van der Waals surface area contributed by atoms with Gasteiger partial charge < -0.3 is 34.7 Å². The first-order chi connectivity index (χ1) is 59.1. The Morgan fingerprint density at radius 2 is 0.946 bits per heavy atom.